The summed E-state index contributed by atoms with van der Waals surface area (Å²) in [5, 5.41) is 10.4. The predicted octanol–water partition coefficient (Wildman–Crippen LogP) is 1.51. The number of carbonyl (C=O) groups excluding carboxylic acids is 2. The Kier molecular flexibility index (Phi) is 4.90. The highest BCUT2D eigenvalue weighted by molar-refractivity contribution is 5.86. The second-order valence-electron chi connectivity index (χ2n) is 7.01. The molecule has 0 aromatic heterocycles. The number of piperazine rings is 1. The molecular weight excluding hydrogens is 304 g/mol. The summed E-state index contributed by atoms with van der Waals surface area (Å²) in [6.07, 6.45) is 3.37. The molecule has 0 radical (unpaired) electrons. The van der Waals surface area contributed by atoms with Gasteiger partial charge in [-0.1, -0.05) is 24.3 Å². The number of rotatable bonds is 3. The molecular formula is C19H26N2O3. The van der Waals surface area contributed by atoms with Crippen LogP contribution in [-0.4, -0.2) is 58.5 Å². The van der Waals surface area contributed by atoms with E-state index in [0.29, 0.717) is 45.4 Å². The van der Waals surface area contributed by atoms with Crippen molar-refractivity contribution in [3.63, 3.8) is 0 Å². The second kappa shape index (κ2) is 6.93. The minimum atomic E-state index is -1.16. The molecule has 1 aromatic carbocycles. The zero-order valence-electron chi connectivity index (χ0n) is 14.3. The molecule has 0 bridgehead atoms. The predicted molar refractivity (Wildman–Crippen MR) is 91.5 cm³/mol. The summed E-state index contributed by atoms with van der Waals surface area (Å²) >= 11 is 0. The van der Waals surface area contributed by atoms with Gasteiger partial charge in [0.1, 0.15) is 5.60 Å². The summed E-state index contributed by atoms with van der Waals surface area (Å²) in [5.74, 6) is -0.0398. The highest BCUT2D eigenvalue weighted by Crippen LogP contribution is 2.31. The van der Waals surface area contributed by atoms with Gasteiger partial charge in [-0.3, -0.25) is 9.59 Å². The van der Waals surface area contributed by atoms with E-state index in [1.807, 2.05) is 36.1 Å². The second-order valence-corrected chi connectivity index (χ2v) is 7.01. The molecule has 24 heavy (non-hydrogen) atoms. The molecule has 130 valence electrons. The summed E-state index contributed by atoms with van der Waals surface area (Å²) in [6, 6.07) is 7.93. The van der Waals surface area contributed by atoms with Gasteiger partial charge < -0.3 is 14.9 Å². The third kappa shape index (κ3) is 3.46. The molecule has 5 nitrogen and oxygen atoms in total. The van der Waals surface area contributed by atoms with Gasteiger partial charge in [-0.05, 0) is 43.7 Å². The number of nitrogens with zero attached hydrogens (tertiary/aromatic N) is 2. The average Bonchev–Trinajstić information content (AvgIpc) is 3.04. The fourth-order valence-corrected chi connectivity index (χ4v) is 3.71. The summed E-state index contributed by atoms with van der Waals surface area (Å²) in [4.78, 5) is 28.5. The van der Waals surface area contributed by atoms with Crippen molar-refractivity contribution in [2.24, 2.45) is 0 Å². The Morgan fingerprint density at radius 3 is 2.25 bits per heavy atom. The Balaban J connectivity index is 1.54. The molecule has 1 aliphatic heterocycles. The first-order valence-electron chi connectivity index (χ1n) is 8.84. The third-order valence-corrected chi connectivity index (χ3v) is 5.35. The molecule has 5 heteroatoms. The number of benzene rings is 1. The topological polar surface area (TPSA) is 60.9 Å². The van der Waals surface area contributed by atoms with Gasteiger partial charge in [0.25, 0.3) is 5.91 Å². The molecule has 2 amide bonds. The maximum absolute atomic E-state index is 12.5. The van der Waals surface area contributed by atoms with Gasteiger partial charge in [0.05, 0.1) is 6.42 Å². The molecule has 1 heterocycles. The Morgan fingerprint density at radius 2 is 1.62 bits per heavy atom. The van der Waals surface area contributed by atoms with E-state index in [9.17, 15) is 14.7 Å². The third-order valence-electron chi connectivity index (χ3n) is 5.35. The lowest BCUT2D eigenvalue weighted by atomic mass is 10.00. The fraction of sp³-hybridized carbons (Fsp3) is 0.579. The fourth-order valence-electron chi connectivity index (χ4n) is 3.71. The molecule has 0 unspecified atom stereocenters. The number of hydrogen-bond donors (Lipinski definition) is 1. The normalized spacial score (nSPS) is 20.2. The summed E-state index contributed by atoms with van der Waals surface area (Å²) in [5.41, 5.74) is 1.03. The lowest BCUT2D eigenvalue weighted by Gasteiger charge is -2.38. The molecule has 3 rings (SSSR count). The van der Waals surface area contributed by atoms with E-state index in [0.717, 1.165) is 24.0 Å². The maximum atomic E-state index is 12.5. The molecule has 0 atom stereocenters. The quantitative estimate of drug-likeness (QED) is 0.914. The highest BCUT2D eigenvalue weighted by Gasteiger charge is 2.42. The SMILES string of the molecule is Cc1ccccc1CC(=O)N1CCN(C(=O)C2(O)CCCC2)CC1. The minimum Gasteiger partial charge on any atom is -0.380 e. The largest absolute Gasteiger partial charge is 0.380 e. The molecule has 1 saturated carbocycles. The van der Waals surface area contributed by atoms with Crippen LogP contribution < -0.4 is 0 Å². The van der Waals surface area contributed by atoms with E-state index in [1.165, 1.54) is 0 Å². The molecule has 1 saturated heterocycles. The zero-order valence-corrected chi connectivity index (χ0v) is 14.3. The lowest BCUT2D eigenvalue weighted by Crippen LogP contribution is -2.56. The van der Waals surface area contributed by atoms with Crippen LogP contribution in [0.25, 0.3) is 0 Å². The van der Waals surface area contributed by atoms with Gasteiger partial charge in [0.2, 0.25) is 5.91 Å². The maximum Gasteiger partial charge on any atom is 0.254 e. The molecule has 1 aromatic rings. The first-order valence-corrected chi connectivity index (χ1v) is 8.84. The van der Waals surface area contributed by atoms with Gasteiger partial charge in [-0.2, -0.15) is 0 Å². The van der Waals surface area contributed by atoms with Crippen molar-refractivity contribution < 1.29 is 14.7 Å². The van der Waals surface area contributed by atoms with Crippen molar-refractivity contribution in [1.29, 1.82) is 0 Å². The van der Waals surface area contributed by atoms with E-state index in [4.69, 9.17) is 0 Å². The molecule has 2 aliphatic rings. The smallest absolute Gasteiger partial charge is 0.254 e. The van der Waals surface area contributed by atoms with E-state index < -0.39 is 5.60 Å². The Morgan fingerprint density at radius 1 is 1.04 bits per heavy atom. The van der Waals surface area contributed by atoms with Crippen molar-refractivity contribution in [3.8, 4) is 0 Å². The first kappa shape index (κ1) is 17.0. The van der Waals surface area contributed by atoms with Gasteiger partial charge in [0.15, 0.2) is 0 Å². The lowest BCUT2D eigenvalue weighted by molar-refractivity contribution is -0.154. The molecule has 0 spiro atoms. The Hall–Kier alpha value is -1.88. The highest BCUT2D eigenvalue weighted by atomic mass is 16.3. The molecule has 2 fully saturated rings. The van der Waals surface area contributed by atoms with Gasteiger partial charge in [-0.25, -0.2) is 0 Å². The summed E-state index contributed by atoms with van der Waals surface area (Å²) in [7, 11) is 0. The van der Waals surface area contributed by atoms with Crippen molar-refractivity contribution in [1.82, 2.24) is 9.80 Å². The minimum absolute atomic E-state index is 0.107. The molecule has 1 aliphatic carbocycles. The van der Waals surface area contributed by atoms with Crippen LogP contribution in [-0.2, 0) is 16.0 Å². The van der Waals surface area contributed by atoms with Crippen LogP contribution in [0.4, 0.5) is 0 Å². The van der Waals surface area contributed by atoms with Crippen LogP contribution in [0.3, 0.4) is 0 Å². The van der Waals surface area contributed by atoms with Gasteiger partial charge in [-0.15, -0.1) is 0 Å². The van der Waals surface area contributed by atoms with Crippen LogP contribution in [0.5, 0.6) is 0 Å². The van der Waals surface area contributed by atoms with Crippen LogP contribution >= 0.6 is 0 Å². The van der Waals surface area contributed by atoms with E-state index in [1.54, 1.807) is 4.90 Å². The van der Waals surface area contributed by atoms with Crippen LogP contribution in [0.2, 0.25) is 0 Å². The monoisotopic (exact) mass is 330 g/mol. The van der Waals surface area contributed by atoms with E-state index >= 15 is 0 Å². The van der Waals surface area contributed by atoms with Crippen molar-refractivity contribution in [3.05, 3.63) is 35.4 Å². The number of amides is 2. The first-order chi connectivity index (χ1) is 11.5. The zero-order chi connectivity index (χ0) is 17.2. The van der Waals surface area contributed by atoms with Gasteiger partial charge >= 0.3 is 0 Å². The number of carbonyl (C=O) groups is 2. The molecule has 1 N–H and O–H groups in total. The van der Waals surface area contributed by atoms with Crippen LogP contribution in [0.1, 0.15) is 36.8 Å². The van der Waals surface area contributed by atoms with E-state index in [-0.39, 0.29) is 11.8 Å². The summed E-state index contributed by atoms with van der Waals surface area (Å²) in [6.45, 7) is 4.14. The summed E-state index contributed by atoms with van der Waals surface area (Å²) < 4.78 is 0. The number of aryl methyl sites for hydroxylation is 1. The Bertz CT molecular complexity index is 615. The number of hydrogen-bond acceptors (Lipinski definition) is 3. The standard InChI is InChI=1S/C19H26N2O3/c1-15-6-2-3-7-16(15)14-17(22)20-10-12-21(13-11-20)18(23)19(24)8-4-5-9-19/h2-3,6-7,24H,4-5,8-14H2,1H3. The van der Waals surface area contributed by atoms with Crippen molar-refractivity contribution >= 4 is 11.8 Å². The van der Waals surface area contributed by atoms with Gasteiger partial charge in [0, 0.05) is 26.2 Å². The van der Waals surface area contributed by atoms with Crippen LogP contribution in [0, 0.1) is 6.92 Å². The Labute approximate surface area is 143 Å². The van der Waals surface area contributed by atoms with Crippen LogP contribution in [0.15, 0.2) is 24.3 Å². The van der Waals surface area contributed by atoms with Crippen molar-refractivity contribution in [2.75, 3.05) is 26.2 Å². The number of aliphatic hydroxyl groups is 1. The van der Waals surface area contributed by atoms with E-state index in [2.05, 4.69) is 0 Å². The average molecular weight is 330 g/mol. The van der Waals surface area contributed by atoms with Crippen molar-refractivity contribution in [2.45, 2.75) is 44.6 Å².